The summed E-state index contributed by atoms with van der Waals surface area (Å²) in [7, 11) is 0. The van der Waals surface area contributed by atoms with Crippen LogP contribution in [0.25, 0.3) is 38.8 Å². The molecule has 0 aliphatic carbocycles. The van der Waals surface area contributed by atoms with Gasteiger partial charge in [0.2, 0.25) is 0 Å². The summed E-state index contributed by atoms with van der Waals surface area (Å²) in [5.74, 6) is 0.307. The average molecular weight is 425 g/mol. The smallest absolute Gasteiger partial charge is 0.403 e. The molecule has 0 aliphatic heterocycles. The van der Waals surface area contributed by atoms with Crippen molar-refractivity contribution in [2.45, 2.75) is 20.2 Å². The van der Waals surface area contributed by atoms with Crippen molar-refractivity contribution in [3.05, 3.63) is 60.1 Å². The van der Waals surface area contributed by atoms with Gasteiger partial charge < -0.3 is 9.26 Å². The van der Waals surface area contributed by atoms with E-state index in [4.69, 9.17) is 4.52 Å². The zero-order valence-corrected chi connectivity index (χ0v) is 16.3. The minimum Gasteiger partial charge on any atom is -0.403 e. The van der Waals surface area contributed by atoms with Gasteiger partial charge in [-0.15, -0.1) is 18.3 Å². The third-order valence-corrected chi connectivity index (χ3v) is 4.92. The van der Waals surface area contributed by atoms with E-state index in [1.54, 1.807) is 6.07 Å². The van der Waals surface area contributed by atoms with Gasteiger partial charge in [-0.2, -0.15) is 0 Å². The van der Waals surface area contributed by atoms with E-state index in [1.807, 2.05) is 32.0 Å². The molecule has 156 valence electrons. The Morgan fingerprint density at radius 2 is 1.84 bits per heavy atom. The van der Waals surface area contributed by atoms with Crippen molar-refractivity contribution >= 4 is 21.9 Å². The first-order valence-electron chi connectivity index (χ1n) is 9.24. The van der Waals surface area contributed by atoms with E-state index in [0.29, 0.717) is 27.7 Å². The molecule has 0 atom stereocenters. The van der Waals surface area contributed by atoms with Gasteiger partial charge >= 0.3 is 6.36 Å². The molecule has 31 heavy (non-hydrogen) atoms. The van der Waals surface area contributed by atoms with E-state index < -0.39 is 6.36 Å². The molecule has 5 aromatic rings. The summed E-state index contributed by atoms with van der Waals surface area (Å²) in [6, 6.07) is 11.4. The zero-order valence-electron chi connectivity index (χ0n) is 16.3. The molecular weight excluding hydrogens is 411 g/mol. The van der Waals surface area contributed by atoms with Gasteiger partial charge in [0.25, 0.3) is 0 Å². The Kier molecular flexibility index (Phi) is 4.17. The van der Waals surface area contributed by atoms with Gasteiger partial charge in [0.1, 0.15) is 22.5 Å². The molecule has 3 aromatic heterocycles. The molecule has 0 spiro atoms. The number of ether oxygens (including phenoxy) is 1. The minimum atomic E-state index is -4.83. The maximum absolute atomic E-state index is 12.9. The van der Waals surface area contributed by atoms with E-state index >= 15 is 0 Å². The maximum atomic E-state index is 12.9. The fourth-order valence-corrected chi connectivity index (χ4v) is 3.66. The molecule has 0 aliphatic rings. The van der Waals surface area contributed by atoms with Crippen molar-refractivity contribution in [1.82, 2.24) is 25.1 Å². The van der Waals surface area contributed by atoms with E-state index in [2.05, 4.69) is 25.2 Å². The van der Waals surface area contributed by atoms with Crippen LogP contribution in [0, 0.1) is 13.8 Å². The molecule has 0 unspecified atom stereocenters. The quantitative estimate of drug-likeness (QED) is 0.398. The Morgan fingerprint density at radius 1 is 1.03 bits per heavy atom. The molecule has 0 saturated heterocycles. The van der Waals surface area contributed by atoms with E-state index in [1.165, 1.54) is 29.1 Å². The second-order valence-electron chi connectivity index (χ2n) is 6.94. The second kappa shape index (κ2) is 6.79. The summed E-state index contributed by atoms with van der Waals surface area (Å²) >= 11 is 0. The standard InChI is InChI=1S/C21H14F3N5O2/c1-11-19(12(2)31-27-11)13-7-8-14-15(9-13)25-10-16-20(14)29(28-26-16)17-5-3-4-6-18(17)30-21(22,23)24/h3-10H,1-2H3. The Balaban J connectivity index is 1.72. The topological polar surface area (TPSA) is 78.9 Å². The van der Waals surface area contributed by atoms with Gasteiger partial charge in [-0.3, -0.25) is 4.98 Å². The third-order valence-electron chi connectivity index (χ3n) is 4.92. The highest BCUT2D eigenvalue weighted by molar-refractivity contribution is 6.03. The molecule has 5 rings (SSSR count). The van der Waals surface area contributed by atoms with Crippen molar-refractivity contribution in [3.8, 4) is 22.6 Å². The summed E-state index contributed by atoms with van der Waals surface area (Å²) in [4.78, 5) is 4.45. The highest BCUT2D eigenvalue weighted by Gasteiger charge is 2.32. The fraction of sp³-hybridized carbons (Fsp3) is 0.143. The monoisotopic (exact) mass is 425 g/mol. The van der Waals surface area contributed by atoms with Crippen LogP contribution < -0.4 is 4.74 Å². The van der Waals surface area contributed by atoms with Crippen molar-refractivity contribution in [2.24, 2.45) is 0 Å². The number of hydrogen-bond donors (Lipinski definition) is 0. The summed E-state index contributed by atoms with van der Waals surface area (Å²) in [6.07, 6.45) is -3.30. The van der Waals surface area contributed by atoms with Gasteiger partial charge in [0, 0.05) is 10.9 Å². The number of para-hydroxylation sites is 2. The fourth-order valence-electron chi connectivity index (χ4n) is 3.66. The summed E-state index contributed by atoms with van der Waals surface area (Å²) in [5.41, 5.74) is 4.21. The first-order valence-corrected chi connectivity index (χ1v) is 9.24. The maximum Gasteiger partial charge on any atom is 0.573 e. The molecule has 0 amide bonds. The molecule has 0 bridgehead atoms. The molecule has 0 radical (unpaired) electrons. The predicted octanol–water partition coefficient (Wildman–Crippen LogP) is 5.14. The number of rotatable bonds is 3. The molecule has 10 heteroatoms. The van der Waals surface area contributed by atoms with Crippen molar-refractivity contribution in [2.75, 3.05) is 0 Å². The third kappa shape index (κ3) is 3.25. The Bertz CT molecular complexity index is 1420. The summed E-state index contributed by atoms with van der Waals surface area (Å²) < 4.78 is 49.4. The van der Waals surface area contributed by atoms with Crippen LogP contribution in [0.1, 0.15) is 11.5 Å². The zero-order chi connectivity index (χ0) is 21.8. The molecular formula is C21H14F3N5O2. The van der Waals surface area contributed by atoms with Crippen molar-refractivity contribution in [1.29, 1.82) is 0 Å². The van der Waals surface area contributed by atoms with Gasteiger partial charge in [-0.05, 0) is 43.7 Å². The predicted molar refractivity (Wildman–Crippen MR) is 106 cm³/mol. The van der Waals surface area contributed by atoms with Crippen LogP contribution in [-0.2, 0) is 0 Å². The number of aryl methyl sites for hydroxylation is 2. The van der Waals surface area contributed by atoms with Gasteiger partial charge in [-0.1, -0.05) is 28.6 Å². The van der Waals surface area contributed by atoms with E-state index in [0.717, 1.165) is 16.8 Å². The number of alkyl halides is 3. The number of benzene rings is 2. The first-order chi connectivity index (χ1) is 14.8. The Hall–Kier alpha value is -3.95. The minimum absolute atomic E-state index is 0.115. The van der Waals surface area contributed by atoms with Crippen molar-refractivity contribution in [3.63, 3.8) is 0 Å². The van der Waals surface area contributed by atoms with E-state index in [-0.39, 0.29) is 11.4 Å². The van der Waals surface area contributed by atoms with Crippen LogP contribution >= 0.6 is 0 Å². The second-order valence-corrected chi connectivity index (χ2v) is 6.94. The lowest BCUT2D eigenvalue weighted by molar-refractivity contribution is -0.274. The number of halogens is 3. The molecule has 0 N–H and O–H groups in total. The number of fused-ring (bicyclic) bond motifs is 3. The molecule has 3 heterocycles. The highest BCUT2D eigenvalue weighted by atomic mass is 19.4. The van der Waals surface area contributed by atoms with Crippen LogP contribution in [-0.4, -0.2) is 31.5 Å². The normalized spacial score (nSPS) is 12.0. The van der Waals surface area contributed by atoms with Crippen molar-refractivity contribution < 1.29 is 22.4 Å². The number of nitrogens with zero attached hydrogens (tertiary/aromatic N) is 5. The average Bonchev–Trinajstić information content (AvgIpc) is 3.30. The number of aromatic nitrogens is 5. The summed E-state index contributed by atoms with van der Waals surface area (Å²) in [5, 5.41) is 12.8. The van der Waals surface area contributed by atoms with Gasteiger partial charge in [0.15, 0.2) is 5.75 Å². The lowest BCUT2D eigenvalue weighted by Gasteiger charge is -2.13. The van der Waals surface area contributed by atoms with E-state index in [9.17, 15) is 13.2 Å². The number of pyridine rings is 1. The van der Waals surface area contributed by atoms with Gasteiger partial charge in [0.05, 0.1) is 17.4 Å². The van der Waals surface area contributed by atoms with Crippen LogP contribution in [0.4, 0.5) is 13.2 Å². The summed E-state index contributed by atoms with van der Waals surface area (Å²) in [6.45, 7) is 3.68. The Labute approximate surface area is 173 Å². The highest BCUT2D eigenvalue weighted by Crippen LogP contribution is 2.34. The lowest BCUT2D eigenvalue weighted by atomic mass is 10.0. The lowest BCUT2D eigenvalue weighted by Crippen LogP contribution is -2.18. The number of hydrogen-bond acceptors (Lipinski definition) is 6. The first kappa shape index (κ1) is 19.0. The van der Waals surface area contributed by atoms with Crippen LogP contribution in [0.2, 0.25) is 0 Å². The van der Waals surface area contributed by atoms with Crippen LogP contribution in [0.15, 0.2) is 53.2 Å². The molecule has 2 aromatic carbocycles. The largest absolute Gasteiger partial charge is 0.573 e. The van der Waals surface area contributed by atoms with Crippen LogP contribution in [0.3, 0.4) is 0 Å². The molecule has 0 saturated carbocycles. The molecule has 7 nitrogen and oxygen atoms in total. The molecule has 0 fully saturated rings. The Morgan fingerprint density at radius 3 is 2.58 bits per heavy atom. The van der Waals surface area contributed by atoms with Crippen LogP contribution in [0.5, 0.6) is 5.75 Å². The SMILES string of the molecule is Cc1noc(C)c1-c1ccc2c(c1)ncc1nnn(-c3ccccc3OC(F)(F)F)c12. The van der Waals surface area contributed by atoms with Gasteiger partial charge in [-0.25, -0.2) is 4.68 Å².